The quantitative estimate of drug-likeness (QED) is 0.757. The molecule has 154 valence electrons. The lowest BCUT2D eigenvalue weighted by Crippen LogP contribution is -2.40. The van der Waals surface area contributed by atoms with E-state index in [-0.39, 0.29) is 0 Å². The van der Waals surface area contributed by atoms with Gasteiger partial charge in [-0.25, -0.2) is 13.2 Å². The van der Waals surface area contributed by atoms with Crippen LogP contribution in [0.15, 0.2) is 46.2 Å². The van der Waals surface area contributed by atoms with Crippen LogP contribution in [-0.4, -0.2) is 58.8 Å². The summed E-state index contributed by atoms with van der Waals surface area (Å²) in [7, 11) is -3.52. The number of aliphatic hydroxyl groups excluding tert-OH is 1. The molecule has 3 heterocycles. The molecule has 28 heavy (non-hydrogen) atoms. The number of hydrogen-bond donors (Lipinski definition) is 2. The summed E-state index contributed by atoms with van der Waals surface area (Å²) in [5.41, 5.74) is 0.974. The summed E-state index contributed by atoms with van der Waals surface area (Å²) in [6, 6.07) is 6.61. The summed E-state index contributed by atoms with van der Waals surface area (Å²) < 4.78 is 58.8. The summed E-state index contributed by atoms with van der Waals surface area (Å²) in [4.78, 5) is 12.9. The van der Waals surface area contributed by atoms with E-state index in [0.29, 0.717) is 23.6 Å². The average molecular weight is 438 g/mol. The molecule has 2 aromatic rings. The predicted octanol–water partition coefficient (Wildman–Crippen LogP) is 2.14. The van der Waals surface area contributed by atoms with Gasteiger partial charge in [0.15, 0.2) is 0 Å². The first-order valence-electron chi connectivity index (χ1n) is 7.96. The van der Waals surface area contributed by atoms with Gasteiger partial charge in [-0.15, -0.1) is 11.3 Å². The third kappa shape index (κ3) is 5.50. The van der Waals surface area contributed by atoms with Crippen molar-refractivity contribution in [2.45, 2.75) is 35.4 Å². The Morgan fingerprint density at radius 2 is 1.89 bits per heavy atom. The first-order valence-corrected chi connectivity index (χ1v) is 10.3. The number of pyridine rings is 1. The number of rotatable bonds is 4. The zero-order chi connectivity index (χ0) is 20.9. The van der Waals surface area contributed by atoms with E-state index in [2.05, 4.69) is 4.98 Å². The molecular formula is C16H17F3N2O5S2. The van der Waals surface area contributed by atoms with Crippen LogP contribution in [0.1, 0.15) is 12.0 Å². The van der Waals surface area contributed by atoms with Gasteiger partial charge in [0.2, 0.25) is 0 Å². The fourth-order valence-corrected chi connectivity index (χ4v) is 5.42. The molecule has 0 unspecified atom stereocenters. The van der Waals surface area contributed by atoms with Crippen molar-refractivity contribution >= 4 is 27.3 Å². The van der Waals surface area contributed by atoms with Crippen molar-refractivity contribution < 1.29 is 36.6 Å². The minimum atomic E-state index is -5.08. The summed E-state index contributed by atoms with van der Waals surface area (Å²) in [5, 5.41) is 19.0. The number of halogens is 3. The maximum atomic E-state index is 12.7. The first kappa shape index (κ1) is 22.3. The van der Waals surface area contributed by atoms with E-state index < -0.39 is 34.3 Å². The molecule has 0 radical (unpaired) electrons. The topological polar surface area (TPSA) is 108 Å². The second-order valence-corrected chi connectivity index (χ2v) is 8.90. The van der Waals surface area contributed by atoms with E-state index in [1.54, 1.807) is 29.9 Å². The molecule has 3 rings (SSSR count). The van der Waals surface area contributed by atoms with E-state index in [1.807, 2.05) is 12.1 Å². The van der Waals surface area contributed by atoms with Gasteiger partial charge in [-0.2, -0.15) is 17.5 Å². The summed E-state index contributed by atoms with van der Waals surface area (Å²) in [6.45, 7) is 0.358. The highest BCUT2D eigenvalue weighted by molar-refractivity contribution is 7.91. The molecule has 0 spiro atoms. The number of aliphatic hydroxyl groups is 1. The Morgan fingerprint density at radius 1 is 1.29 bits per heavy atom. The van der Waals surface area contributed by atoms with Crippen LogP contribution in [0.4, 0.5) is 13.2 Å². The Morgan fingerprint density at radius 3 is 2.39 bits per heavy atom. The molecule has 0 amide bonds. The smallest absolute Gasteiger partial charge is 0.475 e. The monoisotopic (exact) mass is 438 g/mol. The highest BCUT2D eigenvalue weighted by atomic mass is 32.2. The van der Waals surface area contributed by atoms with Crippen molar-refractivity contribution in [3.63, 3.8) is 0 Å². The molecule has 0 aliphatic carbocycles. The van der Waals surface area contributed by atoms with Gasteiger partial charge in [0.1, 0.15) is 4.21 Å². The maximum absolute atomic E-state index is 12.7. The van der Waals surface area contributed by atoms with Crippen LogP contribution in [0.5, 0.6) is 0 Å². The Balaban J connectivity index is 0.000000345. The zero-order valence-electron chi connectivity index (χ0n) is 14.3. The highest BCUT2D eigenvalue weighted by Crippen LogP contribution is 2.30. The van der Waals surface area contributed by atoms with Crippen molar-refractivity contribution in [3.8, 4) is 0 Å². The minimum Gasteiger partial charge on any atom is -0.475 e. The van der Waals surface area contributed by atoms with Crippen LogP contribution in [-0.2, 0) is 21.2 Å². The average Bonchev–Trinajstić information content (AvgIpc) is 3.27. The Hall–Kier alpha value is -2.02. The number of thiophene rings is 1. The summed E-state index contributed by atoms with van der Waals surface area (Å²) in [6.07, 6.45) is -1.40. The lowest BCUT2D eigenvalue weighted by molar-refractivity contribution is -0.192. The number of carboxylic acids is 1. The van der Waals surface area contributed by atoms with Crippen molar-refractivity contribution in [2.24, 2.45) is 0 Å². The third-order valence-electron chi connectivity index (χ3n) is 3.95. The van der Waals surface area contributed by atoms with Crippen molar-refractivity contribution in [1.29, 1.82) is 0 Å². The van der Waals surface area contributed by atoms with Crippen LogP contribution in [0.25, 0.3) is 0 Å². The van der Waals surface area contributed by atoms with E-state index in [4.69, 9.17) is 9.90 Å². The van der Waals surface area contributed by atoms with Crippen molar-refractivity contribution in [3.05, 3.63) is 47.6 Å². The normalized spacial score (nSPS) is 20.4. The molecular weight excluding hydrogens is 421 g/mol. The fraction of sp³-hybridized carbons (Fsp3) is 0.375. The van der Waals surface area contributed by atoms with E-state index in [9.17, 15) is 26.7 Å². The molecule has 7 nitrogen and oxygen atoms in total. The summed E-state index contributed by atoms with van der Waals surface area (Å²) >= 11 is 1.21. The largest absolute Gasteiger partial charge is 0.490 e. The van der Waals surface area contributed by atoms with Crippen LogP contribution < -0.4 is 0 Å². The summed E-state index contributed by atoms with van der Waals surface area (Å²) in [5.74, 6) is -2.76. The highest BCUT2D eigenvalue weighted by Gasteiger charge is 2.41. The number of nitrogens with zero attached hydrogens (tertiary/aromatic N) is 2. The van der Waals surface area contributed by atoms with E-state index in [1.165, 1.54) is 15.6 Å². The van der Waals surface area contributed by atoms with Gasteiger partial charge in [0, 0.05) is 18.9 Å². The SMILES string of the molecule is O=C(O)C(F)(F)F.O=S(=O)(c1cccs1)N1CC[C@H](O)[C@@H]1Cc1ccncc1. The number of carbonyl (C=O) groups is 1. The Labute approximate surface area is 163 Å². The number of aliphatic carboxylic acids is 1. The number of alkyl halides is 3. The second-order valence-electron chi connectivity index (χ2n) is 5.83. The van der Waals surface area contributed by atoms with Gasteiger partial charge in [0.05, 0.1) is 12.1 Å². The van der Waals surface area contributed by atoms with Crippen LogP contribution in [0.2, 0.25) is 0 Å². The van der Waals surface area contributed by atoms with E-state index in [0.717, 1.165) is 5.56 Å². The molecule has 1 aliphatic heterocycles. The molecule has 0 bridgehead atoms. The molecule has 2 atom stereocenters. The Kier molecular flexibility index (Phi) is 7.15. The van der Waals surface area contributed by atoms with E-state index >= 15 is 0 Å². The van der Waals surface area contributed by atoms with Crippen molar-refractivity contribution in [1.82, 2.24) is 9.29 Å². The van der Waals surface area contributed by atoms with Gasteiger partial charge in [-0.1, -0.05) is 6.07 Å². The maximum Gasteiger partial charge on any atom is 0.490 e. The molecule has 0 aromatic carbocycles. The first-order chi connectivity index (χ1) is 13.0. The van der Waals surface area contributed by atoms with Gasteiger partial charge in [-0.05, 0) is 42.0 Å². The predicted molar refractivity (Wildman–Crippen MR) is 94.3 cm³/mol. The van der Waals surface area contributed by atoms with Gasteiger partial charge < -0.3 is 10.2 Å². The molecule has 1 fully saturated rings. The zero-order valence-corrected chi connectivity index (χ0v) is 15.9. The number of aromatic nitrogens is 1. The molecule has 2 N–H and O–H groups in total. The van der Waals surface area contributed by atoms with Gasteiger partial charge >= 0.3 is 12.1 Å². The Bertz CT molecular complexity index is 873. The molecule has 1 saturated heterocycles. The number of sulfonamides is 1. The second kappa shape index (κ2) is 8.99. The number of hydrogen-bond acceptors (Lipinski definition) is 6. The fourth-order valence-electron chi connectivity index (χ4n) is 2.63. The molecule has 0 saturated carbocycles. The lowest BCUT2D eigenvalue weighted by Gasteiger charge is -2.25. The molecule has 12 heteroatoms. The van der Waals surface area contributed by atoms with Gasteiger partial charge in [0.25, 0.3) is 10.0 Å². The lowest BCUT2D eigenvalue weighted by atomic mass is 10.0. The van der Waals surface area contributed by atoms with Crippen LogP contribution >= 0.6 is 11.3 Å². The molecule has 1 aliphatic rings. The number of carboxylic acid groups (broad SMARTS) is 1. The third-order valence-corrected chi connectivity index (χ3v) is 7.25. The van der Waals surface area contributed by atoms with Gasteiger partial charge in [-0.3, -0.25) is 4.98 Å². The van der Waals surface area contributed by atoms with Crippen LogP contribution in [0, 0.1) is 0 Å². The van der Waals surface area contributed by atoms with Crippen LogP contribution in [0.3, 0.4) is 0 Å². The minimum absolute atomic E-state index is 0.330. The molecule has 2 aromatic heterocycles. The standard InChI is InChI=1S/C14H16N2O3S2.C2HF3O2/c17-13-5-8-16(21(18,19)14-2-1-9-20-14)12(13)10-11-3-6-15-7-4-11;3-2(4,5)1(6)7/h1-4,6-7,9,12-13,17H,5,8,10H2;(H,6,7)/t12-,13-;/m0./s1. The van der Waals surface area contributed by atoms with Crippen molar-refractivity contribution in [2.75, 3.05) is 6.54 Å².